The molecule has 1 aromatic rings. The summed E-state index contributed by atoms with van der Waals surface area (Å²) in [5, 5.41) is 9.56. The minimum atomic E-state index is -0.680. The van der Waals surface area contributed by atoms with Gasteiger partial charge in [0.05, 0.1) is 12.1 Å². The normalized spacial score (nSPS) is 15.9. The van der Waals surface area contributed by atoms with Crippen molar-refractivity contribution in [1.82, 2.24) is 0 Å². The molecule has 0 bridgehead atoms. The molecule has 90 valence electrons. The van der Waals surface area contributed by atoms with Crippen LogP contribution in [0.15, 0.2) is 24.3 Å². The van der Waals surface area contributed by atoms with Crippen molar-refractivity contribution in [2.45, 2.75) is 38.3 Å². The van der Waals surface area contributed by atoms with Crippen LogP contribution in [0.4, 0.5) is 0 Å². The molecule has 1 aromatic carbocycles. The first-order valence-electron chi connectivity index (χ1n) is 5.60. The van der Waals surface area contributed by atoms with Gasteiger partial charge in [-0.15, -0.1) is 0 Å². The average Bonchev–Trinajstić information content (AvgIpc) is 2.26. The average molecular weight is 222 g/mol. The highest BCUT2D eigenvalue weighted by Gasteiger charge is 2.17. The highest BCUT2D eigenvalue weighted by atomic mass is 16.3. The number of rotatable bonds is 3. The second-order valence-electron chi connectivity index (χ2n) is 5.20. The molecule has 0 fully saturated rings. The van der Waals surface area contributed by atoms with Crippen LogP contribution < -0.4 is 11.5 Å². The predicted molar refractivity (Wildman–Crippen MR) is 67.1 cm³/mol. The van der Waals surface area contributed by atoms with E-state index in [1.807, 2.05) is 12.1 Å². The van der Waals surface area contributed by atoms with E-state index in [9.17, 15) is 5.11 Å². The summed E-state index contributed by atoms with van der Waals surface area (Å²) < 4.78 is 0. The Labute approximate surface area is 97.5 Å². The van der Waals surface area contributed by atoms with Gasteiger partial charge >= 0.3 is 0 Å². The molecular weight excluding hydrogens is 200 g/mol. The van der Waals surface area contributed by atoms with Crippen molar-refractivity contribution in [3.05, 3.63) is 35.4 Å². The van der Waals surface area contributed by atoms with Crippen LogP contribution in [0, 0.1) is 0 Å². The largest absolute Gasteiger partial charge is 0.390 e. The van der Waals surface area contributed by atoms with E-state index in [0.29, 0.717) is 0 Å². The molecule has 0 aliphatic carbocycles. The third kappa shape index (κ3) is 3.04. The lowest BCUT2D eigenvalue weighted by Crippen LogP contribution is -2.32. The Morgan fingerprint density at radius 3 is 2.06 bits per heavy atom. The summed E-state index contributed by atoms with van der Waals surface area (Å²) in [4.78, 5) is 0. The zero-order valence-electron chi connectivity index (χ0n) is 10.3. The zero-order chi connectivity index (χ0) is 12.3. The lowest BCUT2D eigenvalue weighted by atomic mass is 9.86. The minimum absolute atomic E-state index is 0.134. The molecule has 3 nitrogen and oxygen atoms in total. The van der Waals surface area contributed by atoms with Crippen LogP contribution in [0.1, 0.15) is 37.9 Å². The minimum Gasteiger partial charge on any atom is -0.390 e. The van der Waals surface area contributed by atoms with Crippen LogP contribution in [-0.2, 0) is 5.41 Å². The molecule has 1 rings (SSSR count). The first-order chi connectivity index (χ1) is 7.36. The topological polar surface area (TPSA) is 72.3 Å². The molecule has 0 amide bonds. The van der Waals surface area contributed by atoms with Crippen molar-refractivity contribution in [2.75, 3.05) is 6.54 Å². The summed E-state index contributed by atoms with van der Waals surface area (Å²) in [7, 11) is 0. The van der Waals surface area contributed by atoms with Crippen molar-refractivity contribution in [3.8, 4) is 0 Å². The molecule has 0 radical (unpaired) electrons. The maximum Gasteiger partial charge on any atom is 0.0854 e. The van der Waals surface area contributed by atoms with Crippen LogP contribution in [-0.4, -0.2) is 17.8 Å². The van der Waals surface area contributed by atoms with Gasteiger partial charge in [-0.25, -0.2) is 0 Å². The van der Waals surface area contributed by atoms with Crippen molar-refractivity contribution in [1.29, 1.82) is 0 Å². The zero-order valence-corrected chi connectivity index (χ0v) is 10.3. The van der Waals surface area contributed by atoms with E-state index in [-0.39, 0.29) is 12.0 Å². The molecule has 0 aliphatic rings. The Hall–Kier alpha value is -0.900. The highest BCUT2D eigenvalue weighted by Crippen LogP contribution is 2.24. The molecule has 2 unspecified atom stereocenters. The Kier molecular flexibility index (Phi) is 4.08. The second-order valence-corrected chi connectivity index (χ2v) is 5.20. The standard InChI is InChI=1S/C13H22N2O/c1-13(2,3)10-6-4-9(5-7-10)12(15)11(16)8-14/h4-7,11-12,16H,8,14-15H2,1-3H3. The molecule has 0 saturated heterocycles. The maximum atomic E-state index is 9.56. The van der Waals surface area contributed by atoms with Gasteiger partial charge in [0.15, 0.2) is 0 Å². The smallest absolute Gasteiger partial charge is 0.0854 e. The third-order valence-electron chi connectivity index (χ3n) is 2.82. The first-order valence-corrected chi connectivity index (χ1v) is 5.60. The molecule has 0 spiro atoms. The number of aliphatic hydroxyl groups is 1. The van der Waals surface area contributed by atoms with E-state index in [2.05, 4.69) is 32.9 Å². The third-order valence-corrected chi connectivity index (χ3v) is 2.82. The summed E-state index contributed by atoms with van der Waals surface area (Å²) in [6, 6.07) is 7.63. The molecule has 5 N–H and O–H groups in total. The van der Waals surface area contributed by atoms with Crippen molar-refractivity contribution in [3.63, 3.8) is 0 Å². The quantitative estimate of drug-likeness (QED) is 0.722. The van der Waals surface area contributed by atoms with Crippen molar-refractivity contribution < 1.29 is 5.11 Å². The molecule has 0 aliphatic heterocycles. The van der Waals surface area contributed by atoms with Crippen LogP contribution in [0.2, 0.25) is 0 Å². The SMILES string of the molecule is CC(C)(C)c1ccc(C(N)C(O)CN)cc1. The summed E-state index contributed by atoms with van der Waals surface area (Å²) in [6.45, 7) is 6.67. The molecule has 0 saturated carbocycles. The van der Waals surface area contributed by atoms with Gasteiger partial charge < -0.3 is 16.6 Å². The van der Waals surface area contributed by atoms with E-state index < -0.39 is 12.1 Å². The van der Waals surface area contributed by atoms with Crippen LogP contribution in [0.25, 0.3) is 0 Å². The number of hydrogen-bond acceptors (Lipinski definition) is 3. The molecule has 0 heterocycles. The molecule has 0 aromatic heterocycles. The van der Waals surface area contributed by atoms with E-state index in [0.717, 1.165) is 5.56 Å². The van der Waals surface area contributed by atoms with Crippen LogP contribution >= 0.6 is 0 Å². The van der Waals surface area contributed by atoms with Gasteiger partial charge in [0.2, 0.25) is 0 Å². The van der Waals surface area contributed by atoms with Crippen molar-refractivity contribution >= 4 is 0 Å². The summed E-state index contributed by atoms with van der Waals surface area (Å²) >= 11 is 0. The monoisotopic (exact) mass is 222 g/mol. The lowest BCUT2D eigenvalue weighted by molar-refractivity contribution is 0.153. The fraction of sp³-hybridized carbons (Fsp3) is 0.538. The van der Waals surface area contributed by atoms with E-state index in [1.54, 1.807) is 0 Å². The Bertz CT molecular complexity index is 327. The molecule has 2 atom stereocenters. The van der Waals surface area contributed by atoms with Gasteiger partial charge in [0.1, 0.15) is 0 Å². The Balaban J connectivity index is 2.87. The van der Waals surface area contributed by atoms with E-state index >= 15 is 0 Å². The summed E-state index contributed by atoms with van der Waals surface area (Å²) in [6.07, 6.45) is -0.680. The maximum absolute atomic E-state index is 9.56. The van der Waals surface area contributed by atoms with Gasteiger partial charge in [-0.3, -0.25) is 0 Å². The molecule has 16 heavy (non-hydrogen) atoms. The summed E-state index contributed by atoms with van der Waals surface area (Å²) in [5.74, 6) is 0. The number of hydrogen-bond donors (Lipinski definition) is 3. The summed E-state index contributed by atoms with van der Waals surface area (Å²) in [5.41, 5.74) is 13.6. The Morgan fingerprint density at radius 1 is 1.19 bits per heavy atom. The predicted octanol–water partition coefficient (Wildman–Crippen LogP) is 1.30. The van der Waals surface area contributed by atoms with Crippen LogP contribution in [0.3, 0.4) is 0 Å². The fourth-order valence-electron chi connectivity index (χ4n) is 1.57. The first kappa shape index (κ1) is 13.2. The molecule has 3 heteroatoms. The Morgan fingerprint density at radius 2 is 1.69 bits per heavy atom. The van der Waals surface area contributed by atoms with Crippen molar-refractivity contribution in [2.24, 2.45) is 11.5 Å². The lowest BCUT2D eigenvalue weighted by Gasteiger charge is -2.21. The van der Waals surface area contributed by atoms with Gasteiger partial charge in [-0.1, -0.05) is 45.0 Å². The van der Waals surface area contributed by atoms with Gasteiger partial charge in [0, 0.05) is 6.54 Å². The van der Waals surface area contributed by atoms with Gasteiger partial charge in [0.25, 0.3) is 0 Å². The number of aliphatic hydroxyl groups excluding tert-OH is 1. The second kappa shape index (κ2) is 4.95. The van der Waals surface area contributed by atoms with E-state index in [1.165, 1.54) is 5.56 Å². The van der Waals surface area contributed by atoms with Gasteiger partial charge in [-0.2, -0.15) is 0 Å². The van der Waals surface area contributed by atoms with E-state index in [4.69, 9.17) is 11.5 Å². The van der Waals surface area contributed by atoms with Crippen LogP contribution in [0.5, 0.6) is 0 Å². The number of nitrogens with two attached hydrogens (primary N) is 2. The number of benzene rings is 1. The highest BCUT2D eigenvalue weighted by molar-refractivity contribution is 5.29. The molecular formula is C13H22N2O. The fourth-order valence-corrected chi connectivity index (χ4v) is 1.57. The van der Waals surface area contributed by atoms with Gasteiger partial charge in [-0.05, 0) is 16.5 Å².